The van der Waals surface area contributed by atoms with E-state index in [9.17, 15) is 0 Å². The summed E-state index contributed by atoms with van der Waals surface area (Å²) in [5.74, 6) is 2.05. The summed E-state index contributed by atoms with van der Waals surface area (Å²) in [7, 11) is 0. The summed E-state index contributed by atoms with van der Waals surface area (Å²) in [5, 5.41) is 9.26. The van der Waals surface area contributed by atoms with Crippen molar-refractivity contribution in [1.82, 2.24) is 14.8 Å². The molecule has 0 radical (unpaired) electrons. The van der Waals surface area contributed by atoms with Gasteiger partial charge in [0.15, 0.2) is 5.16 Å². The third kappa shape index (κ3) is 4.91. The van der Waals surface area contributed by atoms with Crippen molar-refractivity contribution in [3.63, 3.8) is 0 Å². The average Bonchev–Trinajstić information content (AvgIpc) is 2.66. The van der Waals surface area contributed by atoms with E-state index in [0.29, 0.717) is 6.54 Å². The van der Waals surface area contributed by atoms with Gasteiger partial charge in [-0.25, -0.2) is 0 Å². The maximum absolute atomic E-state index is 5.57. The molecule has 0 fully saturated rings. The molecule has 2 N–H and O–H groups in total. The largest absolute Gasteiger partial charge is 0.329 e. The molecule has 1 aromatic heterocycles. The van der Waals surface area contributed by atoms with E-state index in [1.807, 2.05) is 13.0 Å². The van der Waals surface area contributed by atoms with E-state index in [1.54, 1.807) is 11.8 Å². The first-order chi connectivity index (χ1) is 8.29. The van der Waals surface area contributed by atoms with Crippen molar-refractivity contribution in [2.75, 3.05) is 12.3 Å². The Kier molecular flexibility index (Phi) is 6.96. The summed E-state index contributed by atoms with van der Waals surface area (Å²) in [6.07, 6.45) is 6.80. The molecule has 0 aliphatic heterocycles. The van der Waals surface area contributed by atoms with E-state index in [1.165, 1.54) is 19.3 Å². The number of nitrogens with two attached hydrogens (primary N) is 1. The van der Waals surface area contributed by atoms with Gasteiger partial charge in [-0.15, -0.1) is 16.8 Å². The Morgan fingerprint density at radius 3 is 2.88 bits per heavy atom. The second-order valence-electron chi connectivity index (χ2n) is 3.96. The highest BCUT2D eigenvalue weighted by Gasteiger charge is 2.07. The van der Waals surface area contributed by atoms with E-state index in [2.05, 4.69) is 21.3 Å². The summed E-state index contributed by atoms with van der Waals surface area (Å²) in [5.41, 5.74) is 5.57. The third-order valence-corrected chi connectivity index (χ3v) is 3.59. The van der Waals surface area contributed by atoms with Gasteiger partial charge in [0, 0.05) is 18.8 Å². The SMILES string of the molecule is C=CCCCCCSc1nnc(C)n1CCN. The highest BCUT2D eigenvalue weighted by molar-refractivity contribution is 7.99. The summed E-state index contributed by atoms with van der Waals surface area (Å²) in [6, 6.07) is 0. The van der Waals surface area contributed by atoms with E-state index in [-0.39, 0.29) is 0 Å². The first kappa shape index (κ1) is 14.3. The van der Waals surface area contributed by atoms with Crippen molar-refractivity contribution < 1.29 is 0 Å². The predicted octanol–water partition coefficient (Wildman–Crippen LogP) is 2.38. The topological polar surface area (TPSA) is 56.7 Å². The maximum Gasteiger partial charge on any atom is 0.191 e. The van der Waals surface area contributed by atoms with Crippen LogP contribution in [0.2, 0.25) is 0 Å². The van der Waals surface area contributed by atoms with Crippen molar-refractivity contribution in [1.29, 1.82) is 0 Å². The molecule has 0 amide bonds. The number of nitrogens with zero attached hydrogens (tertiary/aromatic N) is 3. The van der Waals surface area contributed by atoms with Gasteiger partial charge in [-0.2, -0.15) is 0 Å². The first-order valence-electron chi connectivity index (χ1n) is 6.13. The Labute approximate surface area is 108 Å². The molecule has 4 nitrogen and oxygen atoms in total. The fraction of sp³-hybridized carbons (Fsp3) is 0.667. The number of aryl methyl sites for hydroxylation is 1. The third-order valence-electron chi connectivity index (χ3n) is 2.54. The van der Waals surface area contributed by atoms with E-state index in [4.69, 9.17) is 5.73 Å². The second-order valence-corrected chi connectivity index (χ2v) is 5.02. The van der Waals surface area contributed by atoms with Crippen LogP contribution in [0.3, 0.4) is 0 Å². The summed E-state index contributed by atoms with van der Waals surface area (Å²) >= 11 is 1.77. The lowest BCUT2D eigenvalue weighted by atomic mass is 10.2. The molecule has 1 heterocycles. The van der Waals surface area contributed by atoms with Gasteiger partial charge in [-0.05, 0) is 26.2 Å². The molecule has 96 valence electrons. The Hall–Kier alpha value is -0.810. The van der Waals surface area contributed by atoms with E-state index < -0.39 is 0 Å². The molecule has 5 heteroatoms. The highest BCUT2D eigenvalue weighted by atomic mass is 32.2. The van der Waals surface area contributed by atoms with Crippen LogP contribution in [0.15, 0.2) is 17.8 Å². The van der Waals surface area contributed by atoms with E-state index >= 15 is 0 Å². The number of thioether (sulfide) groups is 1. The fourth-order valence-corrected chi connectivity index (χ4v) is 2.59. The van der Waals surface area contributed by atoms with Gasteiger partial charge in [-0.1, -0.05) is 24.3 Å². The van der Waals surface area contributed by atoms with E-state index in [0.717, 1.165) is 29.7 Å². The highest BCUT2D eigenvalue weighted by Crippen LogP contribution is 2.18. The van der Waals surface area contributed by atoms with Crippen molar-refractivity contribution in [2.45, 2.75) is 44.3 Å². The van der Waals surface area contributed by atoms with Gasteiger partial charge < -0.3 is 10.3 Å². The number of hydrogen-bond acceptors (Lipinski definition) is 4. The molecule has 0 bridgehead atoms. The monoisotopic (exact) mass is 254 g/mol. The van der Waals surface area contributed by atoms with Crippen LogP contribution in [0.1, 0.15) is 31.5 Å². The number of unbranched alkanes of at least 4 members (excludes halogenated alkanes) is 3. The predicted molar refractivity (Wildman–Crippen MR) is 73.2 cm³/mol. The van der Waals surface area contributed by atoms with Crippen LogP contribution in [-0.4, -0.2) is 27.1 Å². The lowest BCUT2D eigenvalue weighted by Crippen LogP contribution is -2.12. The van der Waals surface area contributed by atoms with Crippen molar-refractivity contribution in [2.24, 2.45) is 5.73 Å². The summed E-state index contributed by atoms with van der Waals surface area (Å²) in [4.78, 5) is 0. The molecule has 0 aliphatic rings. The first-order valence-corrected chi connectivity index (χ1v) is 7.11. The zero-order chi connectivity index (χ0) is 12.5. The minimum atomic E-state index is 0.631. The van der Waals surface area contributed by atoms with Gasteiger partial charge in [-0.3, -0.25) is 0 Å². The number of rotatable bonds is 9. The smallest absolute Gasteiger partial charge is 0.191 e. The zero-order valence-electron chi connectivity index (χ0n) is 10.6. The van der Waals surface area contributed by atoms with Crippen molar-refractivity contribution in [3.8, 4) is 0 Å². The maximum atomic E-state index is 5.57. The van der Waals surface area contributed by atoms with Gasteiger partial charge in [0.05, 0.1) is 0 Å². The molecule has 0 saturated carbocycles. The van der Waals surface area contributed by atoms with Crippen LogP contribution in [0, 0.1) is 6.92 Å². The van der Waals surface area contributed by atoms with Gasteiger partial charge >= 0.3 is 0 Å². The minimum absolute atomic E-state index is 0.631. The molecule has 1 rings (SSSR count). The molecule has 0 unspecified atom stereocenters. The molecule has 0 saturated heterocycles. The standard InChI is InChI=1S/C12H22N4S/c1-3-4-5-6-7-10-17-12-15-14-11(2)16(12)9-8-13/h3H,1,4-10,13H2,2H3. The van der Waals surface area contributed by atoms with Crippen LogP contribution in [-0.2, 0) is 6.54 Å². The second kappa shape index (κ2) is 8.31. The molecule has 0 aliphatic carbocycles. The van der Waals surface area contributed by atoms with Gasteiger partial charge in [0.2, 0.25) is 0 Å². The number of hydrogen-bond donors (Lipinski definition) is 1. The van der Waals surface area contributed by atoms with Crippen LogP contribution >= 0.6 is 11.8 Å². The fourth-order valence-electron chi connectivity index (χ4n) is 1.59. The van der Waals surface area contributed by atoms with Crippen LogP contribution in [0.25, 0.3) is 0 Å². The Morgan fingerprint density at radius 2 is 2.18 bits per heavy atom. The van der Waals surface area contributed by atoms with Crippen molar-refractivity contribution >= 4 is 11.8 Å². The Morgan fingerprint density at radius 1 is 1.35 bits per heavy atom. The molecule has 0 atom stereocenters. The minimum Gasteiger partial charge on any atom is -0.329 e. The lowest BCUT2D eigenvalue weighted by molar-refractivity contribution is 0.627. The molecule has 0 aromatic carbocycles. The van der Waals surface area contributed by atoms with Crippen LogP contribution in [0.4, 0.5) is 0 Å². The Bertz CT molecular complexity index is 335. The molecule has 1 aromatic rings. The molecule has 17 heavy (non-hydrogen) atoms. The van der Waals surface area contributed by atoms with Gasteiger partial charge in [0.25, 0.3) is 0 Å². The number of aromatic nitrogens is 3. The zero-order valence-corrected chi connectivity index (χ0v) is 11.4. The summed E-state index contributed by atoms with van der Waals surface area (Å²) in [6.45, 7) is 7.13. The summed E-state index contributed by atoms with van der Waals surface area (Å²) < 4.78 is 2.09. The number of allylic oxidation sites excluding steroid dienone is 1. The Balaban J connectivity index is 2.28. The quantitative estimate of drug-likeness (QED) is 0.417. The lowest BCUT2D eigenvalue weighted by Gasteiger charge is -2.06. The molecule has 0 spiro atoms. The average molecular weight is 254 g/mol. The molecular weight excluding hydrogens is 232 g/mol. The normalized spacial score (nSPS) is 10.7. The van der Waals surface area contributed by atoms with Gasteiger partial charge in [0.1, 0.15) is 5.82 Å². The van der Waals surface area contributed by atoms with Crippen LogP contribution < -0.4 is 5.73 Å². The van der Waals surface area contributed by atoms with Crippen molar-refractivity contribution in [3.05, 3.63) is 18.5 Å². The van der Waals surface area contributed by atoms with Crippen LogP contribution in [0.5, 0.6) is 0 Å². The molecular formula is C12H22N4S.